The first-order valence-electron chi connectivity index (χ1n) is 8.59. The average molecular weight is 326 g/mol. The first-order chi connectivity index (χ1) is 11.7. The van der Waals surface area contributed by atoms with Crippen molar-refractivity contribution in [1.29, 1.82) is 0 Å². The van der Waals surface area contributed by atoms with Crippen LogP contribution in [0.3, 0.4) is 0 Å². The molecular formula is C18H22N4O2. The molecule has 1 atom stereocenters. The van der Waals surface area contributed by atoms with Crippen LogP contribution in [0.5, 0.6) is 0 Å². The number of ether oxygens (including phenoxy) is 1. The van der Waals surface area contributed by atoms with E-state index in [9.17, 15) is 4.79 Å². The molecule has 2 heterocycles. The minimum absolute atomic E-state index is 0.115. The maximum absolute atomic E-state index is 12.6. The highest BCUT2D eigenvalue weighted by Crippen LogP contribution is 2.35. The Kier molecular flexibility index (Phi) is 4.06. The molecular weight excluding hydrogens is 304 g/mol. The van der Waals surface area contributed by atoms with Crippen molar-refractivity contribution in [2.45, 2.75) is 44.2 Å². The van der Waals surface area contributed by atoms with Crippen LogP contribution in [0.1, 0.15) is 54.1 Å². The number of fused-ring (bicyclic) bond motifs is 1. The smallest absolute Gasteiger partial charge is 0.254 e. The van der Waals surface area contributed by atoms with E-state index in [1.165, 1.54) is 24.8 Å². The maximum Gasteiger partial charge on any atom is 0.254 e. The van der Waals surface area contributed by atoms with Crippen LogP contribution in [0.4, 0.5) is 0 Å². The molecule has 1 fully saturated rings. The summed E-state index contributed by atoms with van der Waals surface area (Å²) in [5.41, 5.74) is 2.16. The molecule has 6 heteroatoms. The first-order valence-corrected chi connectivity index (χ1v) is 8.59. The monoisotopic (exact) mass is 326 g/mol. The van der Waals surface area contributed by atoms with E-state index in [4.69, 9.17) is 4.74 Å². The molecule has 2 aromatic rings. The van der Waals surface area contributed by atoms with Crippen molar-refractivity contribution in [3.8, 4) is 0 Å². The molecule has 0 unspecified atom stereocenters. The van der Waals surface area contributed by atoms with Gasteiger partial charge in [-0.2, -0.15) is 0 Å². The fourth-order valence-corrected chi connectivity index (χ4v) is 3.42. The average Bonchev–Trinajstić information content (AvgIpc) is 2.91. The van der Waals surface area contributed by atoms with E-state index in [0.29, 0.717) is 19.1 Å². The van der Waals surface area contributed by atoms with Crippen molar-refractivity contribution in [3.05, 3.63) is 47.0 Å². The highest BCUT2D eigenvalue weighted by Gasteiger charge is 2.28. The van der Waals surface area contributed by atoms with Crippen molar-refractivity contribution >= 4 is 5.91 Å². The van der Waals surface area contributed by atoms with E-state index < -0.39 is 6.10 Å². The minimum Gasteiger partial charge on any atom is -0.363 e. The lowest BCUT2D eigenvalue weighted by Crippen LogP contribution is -2.34. The zero-order valence-electron chi connectivity index (χ0n) is 13.9. The predicted molar refractivity (Wildman–Crippen MR) is 88.3 cm³/mol. The summed E-state index contributed by atoms with van der Waals surface area (Å²) in [5.74, 6) is 2.23. The molecule has 1 aliphatic carbocycles. The van der Waals surface area contributed by atoms with Gasteiger partial charge >= 0.3 is 0 Å². The van der Waals surface area contributed by atoms with E-state index >= 15 is 0 Å². The highest BCUT2D eigenvalue weighted by atomic mass is 16.5. The van der Waals surface area contributed by atoms with Crippen molar-refractivity contribution < 1.29 is 9.53 Å². The zero-order valence-corrected chi connectivity index (χ0v) is 13.9. The van der Waals surface area contributed by atoms with E-state index in [0.717, 1.165) is 23.6 Å². The fourth-order valence-electron chi connectivity index (χ4n) is 3.42. The van der Waals surface area contributed by atoms with Gasteiger partial charge in [-0.25, -0.2) is 0 Å². The third-order valence-electron chi connectivity index (χ3n) is 5.12. The number of benzene rings is 1. The molecule has 0 saturated heterocycles. The quantitative estimate of drug-likeness (QED) is 0.933. The molecule has 0 spiro atoms. The van der Waals surface area contributed by atoms with E-state index in [2.05, 4.69) is 21.6 Å². The van der Waals surface area contributed by atoms with Gasteiger partial charge in [0.15, 0.2) is 11.9 Å². The van der Waals surface area contributed by atoms with E-state index in [1.54, 1.807) is 0 Å². The second-order valence-corrected chi connectivity index (χ2v) is 6.58. The van der Waals surface area contributed by atoms with Gasteiger partial charge in [0.25, 0.3) is 5.91 Å². The van der Waals surface area contributed by atoms with E-state index in [1.807, 2.05) is 29.8 Å². The van der Waals surface area contributed by atoms with Crippen molar-refractivity contribution in [2.75, 3.05) is 6.61 Å². The molecule has 1 aliphatic heterocycles. The summed E-state index contributed by atoms with van der Waals surface area (Å²) in [7, 11) is 1.97. The van der Waals surface area contributed by atoms with Gasteiger partial charge in [0.1, 0.15) is 5.82 Å². The van der Waals surface area contributed by atoms with Crippen molar-refractivity contribution in [1.82, 2.24) is 20.1 Å². The van der Waals surface area contributed by atoms with Crippen LogP contribution in [0, 0.1) is 0 Å². The number of carbonyl (C=O) groups excluding carboxylic acids is 1. The van der Waals surface area contributed by atoms with Gasteiger partial charge < -0.3 is 14.6 Å². The molecule has 1 N–H and O–H groups in total. The fraction of sp³-hybridized carbons (Fsp3) is 0.500. The summed E-state index contributed by atoms with van der Waals surface area (Å²) >= 11 is 0. The second-order valence-electron chi connectivity index (χ2n) is 6.58. The van der Waals surface area contributed by atoms with Crippen molar-refractivity contribution in [2.24, 2.45) is 7.05 Å². The number of amides is 1. The lowest BCUT2D eigenvalue weighted by molar-refractivity contribution is -0.134. The minimum atomic E-state index is -0.533. The largest absolute Gasteiger partial charge is 0.363 e. The van der Waals surface area contributed by atoms with Gasteiger partial charge in [-0.3, -0.25) is 4.79 Å². The number of aromatic nitrogens is 3. The molecule has 0 bridgehead atoms. The van der Waals surface area contributed by atoms with Crippen LogP contribution in [-0.4, -0.2) is 27.3 Å². The Balaban J connectivity index is 1.43. The molecule has 4 rings (SSSR count). The summed E-state index contributed by atoms with van der Waals surface area (Å²) in [5, 5.41) is 11.5. The molecule has 1 saturated carbocycles. The lowest BCUT2D eigenvalue weighted by atomic mass is 9.85. The van der Waals surface area contributed by atoms with Gasteiger partial charge in [0, 0.05) is 13.0 Å². The van der Waals surface area contributed by atoms with Gasteiger partial charge in [0.05, 0.1) is 13.2 Å². The second kappa shape index (κ2) is 6.36. The molecule has 1 aromatic carbocycles. The maximum atomic E-state index is 12.6. The Labute approximate surface area is 141 Å². The van der Waals surface area contributed by atoms with Crippen LogP contribution in [0.25, 0.3) is 0 Å². The topological polar surface area (TPSA) is 69.0 Å². The van der Waals surface area contributed by atoms with Gasteiger partial charge in [0.2, 0.25) is 0 Å². The van der Waals surface area contributed by atoms with Crippen LogP contribution in [0.2, 0.25) is 0 Å². The number of nitrogens with one attached hydrogen (secondary N) is 1. The van der Waals surface area contributed by atoms with Crippen LogP contribution in [-0.2, 0) is 29.5 Å². The number of hydrogen-bond donors (Lipinski definition) is 1. The molecule has 0 radical (unpaired) electrons. The first kappa shape index (κ1) is 15.3. The van der Waals surface area contributed by atoms with E-state index in [-0.39, 0.29) is 5.91 Å². The Bertz CT molecular complexity index is 751. The zero-order chi connectivity index (χ0) is 16.5. The number of rotatable bonds is 4. The molecule has 2 aliphatic rings. The summed E-state index contributed by atoms with van der Waals surface area (Å²) in [6, 6.07) is 7.98. The summed E-state index contributed by atoms with van der Waals surface area (Å²) < 4.78 is 7.71. The third-order valence-corrected chi connectivity index (χ3v) is 5.12. The van der Waals surface area contributed by atoms with Crippen LogP contribution in [0.15, 0.2) is 24.3 Å². The summed E-state index contributed by atoms with van der Waals surface area (Å²) in [6.45, 7) is 0.946. The lowest BCUT2D eigenvalue weighted by Gasteiger charge is -2.25. The van der Waals surface area contributed by atoms with Crippen LogP contribution >= 0.6 is 0 Å². The molecule has 6 nitrogen and oxygen atoms in total. The highest BCUT2D eigenvalue weighted by molar-refractivity contribution is 5.82. The molecule has 1 amide bonds. The standard InChI is InChI=1S/C18H22N4O2/c1-22-15(20-21-17(22)13-6-4-7-13)11-19-18(23)16-14-8-3-2-5-12(14)9-10-24-16/h2-3,5,8,13,16H,4,6-7,9-11H2,1H3,(H,19,23)/t16-/m0/s1. The van der Waals surface area contributed by atoms with Crippen molar-refractivity contribution in [3.63, 3.8) is 0 Å². The molecule has 1 aromatic heterocycles. The molecule has 24 heavy (non-hydrogen) atoms. The number of carbonyl (C=O) groups is 1. The Morgan fingerprint density at radius 2 is 2.17 bits per heavy atom. The number of hydrogen-bond acceptors (Lipinski definition) is 4. The Hall–Kier alpha value is -2.21. The Morgan fingerprint density at radius 3 is 2.96 bits per heavy atom. The third kappa shape index (κ3) is 2.71. The van der Waals surface area contributed by atoms with Crippen LogP contribution < -0.4 is 5.32 Å². The van der Waals surface area contributed by atoms with Gasteiger partial charge in [-0.1, -0.05) is 30.7 Å². The summed E-state index contributed by atoms with van der Waals surface area (Å²) in [4.78, 5) is 12.6. The van der Waals surface area contributed by atoms with Gasteiger partial charge in [-0.15, -0.1) is 10.2 Å². The number of nitrogens with zero attached hydrogens (tertiary/aromatic N) is 3. The SMILES string of the molecule is Cn1c(CNC(=O)[C@H]2OCCc3ccccc32)nnc1C1CCC1. The predicted octanol–water partition coefficient (Wildman–Crippen LogP) is 2.01. The normalized spacial score (nSPS) is 20.3. The summed E-state index contributed by atoms with van der Waals surface area (Å²) in [6.07, 6.45) is 3.96. The Morgan fingerprint density at radius 1 is 1.33 bits per heavy atom. The molecule has 126 valence electrons. The van der Waals surface area contributed by atoms with Gasteiger partial charge in [-0.05, 0) is 30.4 Å².